The minimum atomic E-state index is -1.17. The molecule has 0 aliphatic carbocycles. The molecule has 0 aromatic rings. The quantitative estimate of drug-likeness (QED) is 0.329. The lowest BCUT2D eigenvalue weighted by atomic mass is 10.1. The topological polar surface area (TPSA) is 74.7 Å². The first-order valence-electron chi connectivity index (χ1n) is 9.68. The van der Waals surface area contributed by atoms with Crippen molar-refractivity contribution in [1.29, 1.82) is 0 Å². The van der Waals surface area contributed by atoms with Crippen LogP contribution >= 0.6 is 12.6 Å². The number of carbonyl (C=O) groups is 3. The number of hydrogen-bond donors (Lipinski definition) is 2. The van der Waals surface area contributed by atoms with Crippen molar-refractivity contribution in [3.8, 4) is 0 Å². The van der Waals surface area contributed by atoms with E-state index in [2.05, 4.69) is 26.5 Å². The molecule has 2 amide bonds. The number of amides is 2. The molecule has 0 radical (unpaired) electrons. The highest BCUT2D eigenvalue weighted by Gasteiger charge is 2.32. The van der Waals surface area contributed by atoms with E-state index >= 15 is 0 Å². The first-order chi connectivity index (χ1) is 12.0. The normalized spacial score (nSPS) is 12.0. The summed E-state index contributed by atoms with van der Waals surface area (Å²) in [5, 5.41) is 9.33. The van der Waals surface area contributed by atoms with Gasteiger partial charge in [-0.1, -0.05) is 65.2 Å². The molecule has 6 heteroatoms. The Morgan fingerprint density at radius 3 is 1.52 bits per heavy atom. The number of unbranched alkanes of at least 4 members (excludes halogenated alkanes) is 8. The Hall–Kier alpha value is -1.04. The highest BCUT2D eigenvalue weighted by Crippen LogP contribution is 2.14. The van der Waals surface area contributed by atoms with E-state index in [9.17, 15) is 19.5 Å². The maximum absolute atomic E-state index is 12.5. The summed E-state index contributed by atoms with van der Waals surface area (Å²) in [6, 6.07) is -1.17. The number of carbonyl (C=O) groups excluding carboxylic acids is 2. The lowest BCUT2D eigenvalue weighted by Crippen LogP contribution is -2.49. The third kappa shape index (κ3) is 10.5. The molecule has 1 N–H and O–H groups in total. The second-order valence-corrected chi connectivity index (χ2v) is 6.89. The Kier molecular flexibility index (Phi) is 14.6. The fourth-order valence-electron chi connectivity index (χ4n) is 2.76. The zero-order valence-corrected chi connectivity index (χ0v) is 16.7. The van der Waals surface area contributed by atoms with Crippen LogP contribution in [0.5, 0.6) is 0 Å². The number of aliphatic carboxylic acids is 1. The van der Waals surface area contributed by atoms with Gasteiger partial charge < -0.3 is 5.11 Å². The van der Waals surface area contributed by atoms with E-state index < -0.39 is 12.0 Å². The average molecular weight is 374 g/mol. The van der Waals surface area contributed by atoms with Crippen LogP contribution in [0.3, 0.4) is 0 Å². The number of hydrogen-bond acceptors (Lipinski definition) is 4. The summed E-state index contributed by atoms with van der Waals surface area (Å²) in [6.45, 7) is 4.24. The van der Waals surface area contributed by atoms with Crippen LogP contribution in [-0.4, -0.2) is 39.6 Å². The highest BCUT2D eigenvalue weighted by molar-refractivity contribution is 7.80. The monoisotopic (exact) mass is 373 g/mol. The van der Waals surface area contributed by atoms with Gasteiger partial charge in [0.05, 0.1) is 0 Å². The molecule has 0 fully saturated rings. The number of nitrogens with zero attached hydrogens (tertiary/aromatic N) is 1. The van der Waals surface area contributed by atoms with Crippen molar-refractivity contribution in [3.05, 3.63) is 0 Å². The smallest absolute Gasteiger partial charge is 0.327 e. The van der Waals surface area contributed by atoms with Crippen LogP contribution in [0.4, 0.5) is 0 Å². The van der Waals surface area contributed by atoms with Gasteiger partial charge in [-0.25, -0.2) is 4.79 Å². The molecule has 0 aliphatic heterocycles. The van der Waals surface area contributed by atoms with Gasteiger partial charge in [-0.3, -0.25) is 14.5 Å². The van der Waals surface area contributed by atoms with Crippen LogP contribution < -0.4 is 0 Å². The molecule has 1 unspecified atom stereocenters. The average Bonchev–Trinajstić information content (AvgIpc) is 2.58. The number of carboxylic acids is 1. The van der Waals surface area contributed by atoms with Crippen molar-refractivity contribution in [1.82, 2.24) is 4.90 Å². The van der Waals surface area contributed by atoms with Gasteiger partial charge in [-0.15, -0.1) is 0 Å². The van der Waals surface area contributed by atoms with Gasteiger partial charge >= 0.3 is 5.97 Å². The molecule has 0 aliphatic rings. The molecular formula is C19H35NO4S. The SMILES string of the molecule is CCCCCCCC(=O)N(C(=O)CCCCCCC)C(CS)C(=O)O. The van der Waals surface area contributed by atoms with Crippen LogP contribution in [-0.2, 0) is 14.4 Å². The molecule has 0 bridgehead atoms. The molecule has 0 spiro atoms. The second kappa shape index (κ2) is 15.2. The summed E-state index contributed by atoms with van der Waals surface area (Å²) < 4.78 is 0. The minimum absolute atomic E-state index is 0.0571. The Morgan fingerprint density at radius 2 is 1.20 bits per heavy atom. The zero-order chi connectivity index (χ0) is 19.1. The van der Waals surface area contributed by atoms with E-state index in [-0.39, 0.29) is 30.4 Å². The van der Waals surface area contributed by atoms with Gasteiger partial charge in [-0.2, -0.15) is 12.6 Å². The van der Waals surface area contributed by atoms with Crippen LogP contribution in [0, 0.1) is 0 Å². The summed E-state index contributed by atoms with van der Waals surface area (Å²) in [6.07, 6.45) is 10.3. The van der Waals surface area contributed by atoms with Crippen LogP contribution in [0.1, 0.15) is 90.9 Å². The van der Waals surface area contributed by atoms with Gasteiger partial charge in [0.25, 0.3) is 0 Å². The summed E-state index contributed by atoms with van der Waals surface area (Å²) in [5.41, 5.74) is 0. The van der Waals surface area contributed by atoms with E-state index in [1.165, 1.54) is 0 Å². The lowest BCUT2D eigenvalue weighted by Gasteiger charge is -2.26. The Morgan fingerprint density at radius 1 is 0.800 bits per heavy atom. The molecule has 0 aromatic carbocycles. The Labute approximate surface area is 158 Å². The van der Waals surface area contributed by atoms with Crippen molar-refractivity contribution in [3.63, 3.8) is 0 Å². The van der Waals surface area contributed by atoms with Crippen molar-refractivity contribution >= 4 is 30.4 Å². The predicted molar refractivity (Wildman–Crippen MR) is 104 cm³/mol. The highest BCUT2D eigenvalue weighted by atomic mass is 32.1. The van der Waals surface area contributed by atoms with Gasteiger partial charge in [-0.05, 0) is 12.8 Å². The molecule has 0 saturated carbocycles. The van der Waals surface area contributed by atoms with Gasteiger partial charge in [0.1, 0.15) is 6.04 Å². The van der Waals surface area contributed by atoms with Crippen LogP contribution in [0.15, 0.2) is 0 Å². The molecule has 146 valence electrons. The lowest BCUT2D eigenvalue weighted by molar-refractivity contribution is -0.157. The number of thiol groups is 1. The fourth-order valence-corrected chi connectivity index (χ4v) is 3.08. The van der Waals surface area contributed by atoms with Gasteiger partial charge in [0.15, 0.2) is 0 Å². The number of rotatable bonds is 15. The van der Waals surface area contributed by atoms with Gasteiger partial charge in [0.2, 0.25) is 11.8 Å². The van der Waals surface area contributed by atoms with E-state index in [0.29, 0.717) is 12.8 Å². The van der Waals surface area contributed by atoms with Crippen molar-refractivity contribution < 1.29 is 19.5 Å². The molecule has 25 heavy (non-hydrogen) atoms. The molecule has 0 rings (SSSR count). The minimum Gasteiger partial charge on any atom is -0.480 e. The van der Waals surface area contributed by atoms with E-state index in [1.807, 2.05) is 0 Å². The van der Waals surface area contributed by atoms with Crippen LogP contribution in [0.25, 0.3) is 0 Å². The molecule has 0 heterocycles. The number of imide groups is 1. The Bertz CT molecular complexity index is 375. The largest absolute Gasteiger partial charge is 0.480 e. The maximum Gasteiger partial charge on any atom is 0.327 e. The summed E-state index contributed by atoms with van der Waals surface area (Å²) in [4.78, 5) is 37.3. The molecule has 0 saturated heterocycles. The first kappa shape index (κ1) is 24.0. The van der Waals surface area contributed by atoms with E-state index in [4.69, 9.17) is 0 Å². The number of carboxylic acid groups (broad SMARTS) is 1. The van der Waals surface area contributed by atoms with Crippen molar-refractivity contribution in [2.24, 2.45) is 0 Å². The fraction of sp³-hybridized carbons (Fsp3) is 0.842. The molecule has 5 nitrogen and oxygen atoms in total. The standard InChI is InChI=1S/C19H35NO4S/c1-3-5-7-9-11-13-17(21)20(16(15-25)19(23)24)18(22)14-12-10-8-6-4-2/h16,25H,3-15H2,1-2H3,(H,23,24). The van der Waals surface area contributed by atoms with Gasteiger partial charge in [0, 0.05) is 18.6 Å². The first-order valence-corrected chi connectivity index (χ1v) is 10.3. The van der Waals surface area contributed by atoms with E-state index in [1.54, 1.807) is 0 Å². The van der Waals surface area contributed by atoms with Crippen LogP contribution in [0.2, 0.25) is 0 Å². The molecule has 1 atom stereocenters. The third-order valence-corrected chi connectivity index (χ3v) is 4.64. The second-order valence-electron chi connectivity index (χ2n) is 6.52. The molecular weight excluding hydrogens is 338 g/mol. The molecule has 0 aromatic heterocycles. The third-order valence-electron chi connectivity index (χ3n) is 4.30. The van der Waals surface area contributed by atoms with Crippen molar-refractivity contribution in [2.45, 2.75) is 96.9 Å². The summed E-state index contributed by atoms with van der Waals surface area (Å²) >= 11 is 4.03. The van der Waals surface area contributed by atoms with E-state index in [0.717, 1.165) is 56.3 Å². The summed E-state index contributed by atoms with van der Waals surface area (Å²) in [5.74, 6) is -1.99. The Balaban J connectivity index is 4.65. The maximum atomic E-state index is 12.5. The van der Waals surface area contributed by atoms with Crippen molar-refractivity contribution in [2.75, 3.05) is 5.75 Å². The summed E-state index contributed by atoms with van der Waals surface area (Å²) in [7, 11) is 0. The predicted octanol–water partition coefficient (Wildman–Crippen LogP) is 4.45. The zero-order valence-electron chi connectivity index (χ0n) is 15.8.